The highest BCUT2D eigenvalue weighted by molar-refractivity contribution is 6.30. The first-order valence-electron chi connectivity index (χ1n) is 8.10. The summed E-state index contributed by atoms with van der Waals surface area (Å²) in [6.07, 6.45) is -0.0561. The largest absolute Gasteiger partial charge is 0.399 e. The lowest BCUT2D eigenvalue weighted by atomic mass is 10.1. The summed E-state index contributed by atoms with van der Waals surface area (Å²) in [6.45, 7) is 3.38. The number of nitrogens with zero attached hydrogens (tertiary/aromatic N) is 2. The van der Waals surface area contributed by atoms with E-state index in [0.29, 0.717) is 16.4 Å². The number of benzene rings is 2. The van der Waals surface area contributed by atoms with E-state index in [0.717, 1.165) is 17.7 Å². The summed E-state index contributed by atoms with van der Waals surface area (Å²) in [5.41, 5.74) is 9.37. The maximum Gasteiger partial charge on any atom is 0.272 e. The van der Waals surface area contributed by atoms with E-state index in [1.54, 1.807) is 25.1 Å². The first-order chi connectivity index (χ1) is 13.2. The van der Waals surface area contributed by atoms with Crippen LogP contribution in [0.4, 0.5) is 17.1 Å². The van der Waals surface area contributed by atoms with E-state index in [1.807, 2.05) is 6.92 Å². The predicted octanol–water partition coefficient (Wildman–Crippen LogP) is 3.27. The number of halogens is 1. The van der Waals surface area contributed by atoms with E-state index >= 15 is 0 Å². The Balaban J connectivity index is 1.99. The molecule has 2 rings (SSSR count). The Morgan fingerprint density at radius 3 is 2.61 bits per heavy atom. The third-order valence-corrected chi connectivity index (χ3v) is 3.88. The van der Waals surface area contributed by atoms with Crippen LogP contribution >= 0.6 is 11.6 Å². The lowest BCUT2D eigenvalue weighted by Crippen LogP contribution is -2.22. The number of hydrazone groups is 1. The number of nitrogens with two attached hydrogens (primary N) is 1. The number of anilines is 2. The van der Waals surface area contributed by atoms with Gasteiger partial charge in [0.2, 0.25) is 5.91 Å². The molecule has 4 N–H and O–H groups in total. The van der Waals surface area contributed by atoms with E-state index in [9.17, 15) is 19.7 Å². The lowest BCUT2D eigenvalue weighted by Gasteiger charge is -2.09. The number of hydrogen-bond acceptors (Lipinski definition) is 6. The van der Waals surface area contributed by atoms with Crippen molar-refractivity contribution in [3.8, 4) is 0 Å². The number of carbonyl (C=O) groups is 2. The number of aryl methyl sites for hydroxylation is 1. The Hall–Kier alpha value is -3.46. The average Bonchev–Trinajstić information content (AvgIpc) is 2.61. The Labute approximate surface area is 165 Å². The van der Waals surface area contributed by atoms with Gasteiger partial charge in [-0.2, -0.15) is 5.10 Å². The second-order valence-corrected chi connectivity index (χ2v) is 6.48. The number of nitrogens with one attached hydrogen (secondary N) is 2. The Morgan fingerprint density at radius 2 is 1.96 bits per heavy atom. The van der Waals surface area contributed by atoms with Gasteiger partial charge in [-0.15, -0.1) is 0 Å². The van der Waals surface area contributed by atoms with Gasteiger partial charge < -0.3 is 11.1 Å². The summed E-state index contributed by atoms with van der Waals surface area (Å²) in [5, 5.41) is 18.0. The normalized spacial score (nSPS) is 11.0. The van der Waals surface area contributed by atoms with Gasteiger partial charge in [0.1, 0.15) is 0 Å². The summed E-state index contributed by atoms with van der Waals surface area (Å²) >= 11 is 5.88. The quantitative estimate of drug-likeness (QED) is 0.294. The zero-order valence-electron chi connectivity index (χ0n) is 15.2. The average molecular weight is 404 g/mol. The molecule has 2 amide bonds. The zero-order chi connectivity index (χ0) is 20.8. The van der Waals surface area contributed by atoms with E-state index in [2.05, 4.69) is 15.8 Å². The molecule has 0 fully saturated rings. The number of carbonyl (C=O) groups excluding carboxylic acids is 2. The first kappa shape index (κ1) is 20.8. The molecule has 0 unspecified atom stereocenters. The van der Waals surface area contributed by atoms with Crippen LogP contribution < -0.4 is 16.5 Å². The van der Waals surface area contributed by atoms with Gasteiger partial charge in [0, 0.05) is 34.2 Å². The van der Waals surface area contributed by atoms with Crippen molar-refractivity contribution in [3.63, 3.8) is 0 Å². The van der Waals surface area contributed by atoms with Gasteiger partial charge in [0.05, 0.1) is 16.9 Å². The number of hydrogen-bond donors (Lipinski definition) is 3. The van der Waals surface area contributed by atoms with Crippen molar-refractivity contribution < 1.29 is 14.5 Å². The zero-order valence-corrected chi connectivity index (χ0v) is 15.9. The minimum absolute atomic E-state index is 0.00973. The first-order valence-corrected chi connectivity index (χ1v) is 8.48. The number of rotatable bonds is 6. The van der Waals surface area contributed by atoms with E-state index in [-0.39, 0.29) is 29.3 Å². The van der Waals surface area contributed by atoms with Gasteiger partial charge in [-0.25, -0.2) is 5.43 Å². The molecular weight excluding hydrogens is 386 g/mol. The van der Waals surface area contributed by atoms with Crippen LogP contribution in [0.3, 0.4) is 0 Å². The Morgan fingerprint density at radius 1 is 1.25 bits per heavy atom. The van der Waals surface area contributed by atoms with E-state index in [1.165, 1.54) is 6.07 Å². The maximum atomic E-state index is 12.1. The van der Waals surface area contributed by atoms with Crippen molar-refractivity contribution in [2.24, 2.45) is 5.10 Å². The second-order valence-electron chi connectivity index (χ2n) is 6.04. The van der Waals surface area contributed by atoms with Gasteiger partial charge in [0.25, 0.3) is 11.6 Å². The van der Waals surface area contributed by atoms with Crippen molar-refractivity contribution in [1.29, 1.82) is 0 Å². The van der Waals surface area contributed by atoms with Gasteiger partial charge >= 0.3 is 0 Å². The highest BCUT2D eigenvalue weighted by Crippen LogP contribution is 2.20. The molecule has 146 valence electrons. The smallest absolute Gasteiger partial charge is 0.272 e. The van der Waals surface area contributed by atoms with Gasteiger partial charge in [-0.1, -0.05) is 11.6 Å². The molecule has 2 aromatic rings. The molecule has 0 heterocycles. The van der Waals surface area contributed by atoms with Crippen LogP contribution in [0.15, 0.2) is 41.5 Å². The number of nitro groups is 1. The topological polar surface area (TPSA) is 140 Å². The van der Waals surface area contributed by atoms with E-state index in [4.69, 9.17) is 17.3 Å². The molecule has 9 nitrogen and oxygen atoms in total. The number of nitrogen functional groups attached to an aromatic ring is 1. The molecule has 0 aliphatic heterocycles. The molecule has 0 spiro atoms. The third kappa shape index (κ3) is 5.78. The monoisotopic (exact) mass is 403 g/mol. The van der Waals surface area contributed by atoms with Crippen molar-refractivity contribution in [2.45, 2.75) is 20.3 Å². The minimum atomic E-state index is -0.677. The second kappa shape index (κ2) is 8.96. The molecule has 0 bridgehead atoms. The van der Waals surface area contributed by atoms with Crippen LogP contribution in [0.5, 0.6) is 0 Å². The summed E-state index contributed by atoms with van der Waals surface area (Å²) in [7, 11) is 0. The van der Waals surface area contributed by atoms with Crippen LogP contribution in [0.1, 0.15) is 29.3 Å². The SMILES string of the molecule is C/C(CC(=O)Nc1ccc(Cl)cc1C)=N/NC(=O)c1cc(N)cc([N+](=O)[O-])c1. The number of nitro benzene ring substituents is 1. The summed E-state index contributed by atoms with van der Waals surface area (Å²) in [5.74, 6) is -0.996. The van der Waals surface area contributed by atoms with Crippen molar-refractivity contribution in [1.82, 2.24) is 5.43 Å². The summed E-state index contributed by atoms with van der Waals surface area (Å²) in [4.78, 5) is 34.4. The molecule has 0 radical (unpaired) electrons. The number of non-ortho nitro benzene ring substituents is 1. The molecule has 0 aliphatic rings. The molecule has 2 aromatic carbocycles. The minimum Gasteiger partial charge on any atom is -0.399 e. The molecular formula is C18H18ClN5O4. The molecule has 28 heavy (non-hydrogen) atoms. The van der Waals surface area contributed by atoms with Crippen molar-refractivity contribution in [3.05, 3.63) is 62.7 Å². The number of amides is 2. The lowest BCUT2D eigenvalue weighted by molar-refractivity contribution is -0.384. The Kier molecular flexibility index (Phi) is 6.67. The van der Waals surface area contributed by atoms with Crippen LogP contribution in [0.2, 0.25) is 5.02 Å². The predicted molar refractivity (Wildman–Crippen MR) is 108 cm³/mol. The van der Waals surface area contributed by atoms with Gasteiger partial charge in [0.15, 0.2) is 0 Å². The van der Waals surface area contributed by atoms with Crippen LogP contribution in [0.25, 0.3) is 0 Å². The molecule has 0 aliphatic carbocycles. The van der Waals surface area contributed by atoms with Gasteiger partial charge in [-0.3, -0.25) is 19.7 Å². The Bertz CT molecular complexity index is 974. The summed E-state index contributed by atoms with van der Waals surface area (Å²) in [6, 6.07) is 8.61. The van der Waals surface area contributed by atoms with Gasteiger partial charge in [-0.05, 0) is 43.7 Å². The fourth-order valence-electron chi connectivity index (χ4n) is 2.32. The maximum absolute atomic E-state index is 12.1. The fraction of sp³-hybridized carbons (Fsp3) is 0.167. The summed E-state index contributed by atoms with van der Waals surface area (Å²) < 4.78 is 0. The molecule has 0 aromatic heterocycles. The highest BCUT2D eigenvalue weighted by atomic mass is 35.5. The van der Waals surface area contributed by atoms with Crippen molar-refractivity contribution >= 4 is 46.2 Å². The van der Waals surface area contributed by atoms with Crippen molar-refractivity contribution in [2.75, 3.05) is 11.1 Å². The molecule has 0 saturated heterocycles. The van der Waals surface area contributed by atoms with Crippen LogP contribution in [-0.2, 0) is 4.79 Å². The third-order valence-electron chi connectivity index (χ3n) is 3.64. The highest BCUT2D eigenvalue weighted by Gasteiger charge is 2.14. The molecule has 0 atom stereocenters. The van der Waals surface area contributed by atoms with E-state index < -0.39 is 10.8 Å². The fourth-order valence-corrected chi connectivity index (χ4v) is 2.54. The van der Waals surface area contributed by atoms with Crippen LogP contribution in [-0.4, -0.2) is 22.4 Å². The standard InChI is InChI=1S/C18H18ClN5O4/c1-10-5-13(19)3-4-16(10)21-17(25)6-11(2)22-23-18(26)12-7-14(20)9-15(8-12)24(27)28/h3-5,7-9H,6,20H2,1-2H3,(H,21,25)(H,23,26)/b22-11-. The molecule has 0 saturated carbocycles. The van der Waals surface area contributed by atoms with Crippen LogP contribution in [0, 0.1) is 17.0 Å². The molecule has 10 heteroatoms.